The van der Waals surface area contributed by atoms with Crippen LogP contribution >= 0.6 is 0 Å². The Kier molecular flexibility index (Phi) is 1.56. The molecule has 4 heteroatoms. The zero-order valence-electron chi connectivity index (χ0n) is 6.84. The van der Waals surface area contributed by atoms with Crippen molar-refractivity contribution in [3.63, 3.8) is 0 Å². The number of hydrogen-bond acceptors (Lipinski definition) is 3. The molecule has 1 aliphatic rings. The van der Waals surface area contributed by atoms with Crippen molar-refractivity contribution in [3.8, 4) is 5.88 Å². The van der Waals surface area contributed by atoms with Crippen LogP contribution in [0.1, 0.15) is 18.6 Å². The Morgan fingerprint density at radius 3 is 3.00 bits per heavy atom. The van der Waals surface area contributed by atoms with Crippen LogP contribution in [0.5, 0.6) is 5.88 Å². The van der Waals surface area contributed by atoms with Gasteiger partial charge in [-0.3, -0.25) is 0 Å². The van der Waals surface area contributed by atoms with Gasteiger partial charge in [0.05, 0.1) is 0 Å². The predicted octanol–water partition coefficient (Wildman–Crippen LogP) is 1.86. The molecule has 0 N–H and O–H groups in total. The minimum atomic E-state index is -1.09. The van der Waals surface area contributed by atoms with E-state index >= 15 is 0 Å². The van der Waals surface area contributed by atoms with E-state index in [9.17, 15) is 4.39 Å². The van der Waals surface area contributed by atoms with Crippen molar-refractivity contribution >= 4 is 0 Å². The van der Waals surface area contributed by atoms with E-state index in [2.05, 4.69) is 5.16 Å². The van der Waals surface area contributed by atoms with Crippen molar-refractivity contribution in [3.05, 3.63) is 11.8 Å². The molecule has 0 aliphatic heterocycles. The fourth-order valence-corrected chi connectivity index (χ4v) is 0.895. The van der Waals surface area contributed by atoms with E-state index in [0.29, 0.717) is 24.5 Å². The van der Waals surface area contributed by atoms with Crippen LogP contribution in [0.25, 0.3) is 0 Å². The van der Waals surface area contributed by atoms with Gasteiger partial charge >= 0.3 is 0 Å². The van der Waals surface area contributed by atoms with Crippen molar-refractivity contribution in [2.75, 3.05) is 6.61 Å². The lowest BCUT2D eigenvalue weighted by Crippen LogP contribution is -2.13. The first-order chi connectivity index (χ1) is 5.68. The van der Waals surface area contributed by atoms with Crippen LogP contribution < -0.4 is 4.74 Å². The van der Waals surface area contributed by atoms with Crippen LogP contribution in [0.3, 0.4) is 0 Å². The van der Waals surface area contributed by atoms with Crippen molar-refractivity contribution in [2.45, 2.75) is 25.4 Å². The van der Waals surface area contributed by atoms with E-state index in [0.717, 1.165) is 0 Å². The summed E-state index contributed by atoms with van der Waals surface area (Å²) in [7, 11) is 0. The van der Waals surface area contributed by atoms with Crippen molar-refractivity contribution < 1.29 is 13.7 Å². The zero-order valence-corrected chi connectivity index (χ0v) is 6.84. The van der Waals surface area contributed by atoms with Crippen LogP contribution in [0.4, 0.5) is 4.39 Å². The first-order valence-electron chi connectivity index (χ1n) is 3.93. The number of nitrogens with zero attached hydrogens (tertiary/aromatic N) is 1. The summed E-state index contributed by atoms with van der Waals surface area (Å²) in [6, 6.07) is 1.64. The van der Waals surface area contributed by atoms with Crippen LogP contribution in [0, 0.1) is 6.92 Å². The quantitative estimate of drug-likeness (QED) is 0.696. The van der Waals surface area contributed by atoms with E-state index in [1.54, 1.807) is 13.0 Å². The second-order valence-electron chi connectivity index (χ2n) is 3.22. The van der Waals surface area contributed by atoms with Gasteiger partial charge in [-0.25, -0.2) is 4.39 Å². The lowest BCUT2D eigenvalue weighted by Gasteiger charge is -2.03. The number of hydrogen-bond donors (Lipinski definition) is 0. The standard InChI is InChI=1S/C8H10FNO2/c1-6-4-7(10-12-6)11-5-8(9)2-3-8/h4H,2-3,5H2,1H3. The van der Waals surface area contributed by atoms with Gasteiger partial charge in [-0.1, -0.05) is 0 Å². The highest BCUT2D eigenvalue weighted by atomic mass is 19.1. The Morgan fingerprint density at radius 2 is 2.50 bits per heavy atom. The molecule has 1 heterocycles. The monoisotopic (exact) mass is 171 g/mol. The van der Waals surface area contributed by atoms with Crippen LogP contribution in [0.2, 0.25) is 0 Å². The molecule has 0 spiro atoms. The number of halogens is 1. The van der Waals surface area contributed by atoms with Gasteiger partial charge < -0.3 is 9.26 Å². The third-order valence-corrected chi connectivity index (χ3v) is 1.88. The Labute approximate surface area is 69.5 Å². The summed E-state index contributed by atoms with van der Waals surface area (Å²) in [4.78, 5) is 0. The van der Waals surface area contributed by atoms with E-state index in [-0.39, 0.29) is 6.61 Å². The van der Waals surface area contributed by atoms with E-state index in [1.165, 1.54) is 0 Å². The maximum absolute atomic E-state index is 13.0. The molecule has 0 saturated heterocycles. The molecule has 2 rings (SSSR count). The lowest BCUT2D eigenvalue weighted by molar-refractivity contribution is 0.167. The molecule has 0 unspecified atom stereocenters. The van der Waals surface area contributed by atoms with Gasteiger partial charge in [0.1, 0.15) is 18.0 Å². The van der Waals surface area contributed by atoms with Crippen LogP contribution in [-0.2, 0) is 0 Å². The Hall–Kier alpha value is -1.06. The molecule has 3 nitrogen and oxygen atoms in total. The van der Waals surface area contributed by atoms with Crippen LogP contribution in [-0.4, -0.2) is 17.4 Å². The first kappa shape index (κ1) is 7.58. The van der Waals surface area contributed by atoms with Gasteiger partial charge in [0.2, 0.25) is 0 Å². The summed E-state index contributed by atoms with van der Waals surface area (Å²) in [5, 5.41) is 3.58. The number of alkyl halides is 1. The summed E-state index contributed by atoms with van der Waals surface area (Å²) in [5.41, 5.74) is -1.09. The molecule has 0 bridgehead atoms. The molecular formula is C8H10FNO2. The molecule has 0 radical (unpaired) electrons. The lowest BCUT2D eigenvalue weighted by atomic mass is 10.4. The van der Waals surface area contributed by atoms with Gasteiger partial charge in [0, 0.05) is 6.07 Å². The molecule has 0 aromatic carbocycles. The van der Waals surface area contributed by atoms with E-state index in [4.69, 9.17) is 9.26 Å². The smallest absolute Gasteiger partial charge is 0.254 e. The van der Waals surface area contributed by atoms with Crippen molar-refractivity contribution in [2.24, 2.45) is 0 Å². The SMILES string of the molecule is Cc1cc(OCC2(F)CC2)no1. The summed E-state index contributed by atoms with van der Waals surface area (Å²) >= 11 is 0. The summed E-state index contributed by atoms with van der Waals surface area (Å²) in [6.07, 6.45) is 1.20. The Balaban J connectivity index is 1.87. The topological polar surface area (TPSA) is 35.3 Å². The molecule has 66 valence electrons. The number of rotatable bonds is 3. The molecule has 1 saturated carbocycles. The van der Waals surface area contributed by atoms with Gasteiger partial charge in [0.15, 0.2) is 0 Å². The second-order valence-corrected chi connectivity index (χ2v) is 3.22. The van der Waals surface area contributed by atoms with Crippen molar-refractivity contribution in [1.82, 2.24) is 5.16 Å². The minimum absolute atomic E-state index is 0.0962. The Morgan fingerprint density at radius 1 is 1.75 bits per heavy atom. The van der Waals surface area contributed by atoms with Gasteiger partial charge in [-0.15, -0.1) is 0 Å². The largest absolute Gasteiger partial charge is 0.472 e. The van der Waals surface area contributed by atoms with Gasteiger partial charge in [0.25, 0.3) is 5.88 Å². The average molecular weight is 171 g/mol. The predicted molar refractivity (Wildman–Crippen MR) is 39.8 cm³/mol. The number of aromatic nitrogens is 1. The average Bonchev–Trinajstić information content (AvgIpc) is 2.60. The third kappa shape index (κ3) is 1.57. The highest BCUT2D eigenvalue weighted by molar-refractivity contribution is 5.10. The number of ether oxygens (including phenoxy) is 1. The molecule has 1 fully saturated rings. The summed E-state index contributed by atoms with van der Waals surface area (Å²) in [6.45, 7) is 1.86. The maximum Gasteiger partial charge on any atom is 0.254 e. The fraction of sp³-hybridized carbons (Fsp3) is 0.625. The van der Waals surface area contributed by atoms with Crippen LogP contribution in [0.15, 0.2) is 10.6 Å². The second kappa shape index (κ2) is 2.47. The zero-order chi connectivity index (χ0) is 8.60. The van der Waals surface area contributed by atoms with Gasteiger partial charge in [-0.05, 0) is 24.9 Å². The molecule has 1 aliphatic carbocycles. The normalized spacial score (nSPS) is 19.2. The summed E-state index contributed by atoms with van der Waals surface area (Å²) in [5.74, 6) is 1.05. The first-order valence-corrected chi connectivity index (χ1v) is 3.93. The van der Waals surface area contributed by atoms with E-state index in [1.807, 2.05) is 0 Å². The summed E-state index contributed by atoms with van der Waals surface area (Å²) < 4.78 is 22.8. The third-order valence-electron chi connectivity index (χ3n) is 1.88. The Bertz CT molecular complexity index is 280. The molecule has 12 heavy (non-hydrogen) atoms. The highest BCUT2D eigenvalue weighted by Crippen LogP contribution is 2.39. The molecule has 0 atom stereocenters. The van der Waals surface area contributed by atoms with Crippen molar-refractivity contribution in [1.29, 1.82) is 0 Å². The minimum Gasteiger partial charge on any atom is -0.472 e. The molecule has 0 amide bonds. The maximum atomic E-state index is 13.0. The van der Waals surface area contributed by atoms with Gasteiger partial charge in [-0.2, -0.15) is 0 Å². The highest BCUT2D eigenvalue weighted by Gasteiger charge is 2.44. The molecule has 1 aromatic rings. The fourth-order valence-electron chi connectivity index (χ4n) is 0.895. The number of aryl methyl sites for hydroxylation is 1. The molecule has 1 aromatic heterocycles. The van der Waals surface area contributed by atoms with E-state index < -0.39 is 5.67 Å². The molecular weight excluding hydrogens is 161 g/mol.